The van der Waals surface area contributed by atoms with E-state index < -0.39 is 0 Å². The summed E-state index contributed by atoms with van der Waals surface area (Å²) >= 11 is 5.81. The highest BCUT2D eigenvalue weighted by molar-refractivity contribution is 6.29. The van der Waals surface area contributed by atoms with E-state index in [1.54, 1.807) is 13.0 Å². The van der Waals surface area contributed by atoms with Gasteiger partial charge in [0.05, 0.1) is 6.54 Å². The second kappa shape index (κ2) is 5.31. The van der Waals surface area contributed by atoms with E-state index in [9.17, 15) is 4.79 Å². The van der Waals surface area contributed by atoms with Crippen molar-refractivity contribution >= 4 is 23.3 Å². The molecule has 1 aliphatic rings. The second-order valence-corrected chi connectivity index (χ2v) is 4.45. The van der Waals surface area contributed by atoms with Gasteiger partial charge in [0, 0.05) is 19.2 Å². The first-order chi connectivity index (χ1) is 8.15. The molecule has 0 radical (unpaired) electrons. The van der Waals surface area contributed by atoms with Crippen LogP contribution in [0.5, 0.6) is 0 Å². The lowest BCUT2D eigenvalue weighted by molar-refractivity contribution is -0.128. The fourth-order valence-corrected chi connectivity index (χ4v) is 2.09. The number of aryl methyl sites for hydroxylation is 1. The van der Waals surface area contributed by atoms with E-state index in [-0.39, 0.29) is 12.5 Å². The molecule has 1 saturated heterocycles. The van der Waals surface area contributed by atoms with Crippen LogP contribution >= 0.6 is 11.6 Å². The molecule has 5 nitrogen and oxygen atoms in total. The number of hydrogen-bond acceptors (Lipinski definition) is 4. The summed E-state index contributed by atoms with van der Waals surface area (Å²) in [5, 5.41) is 3.36. The highest BCUT2D eigenvalue weighted by Gasteiger charge is 2.17. The Morgan fingerprint density at radius 2 is 2.18 bits per heavy atom. The Morgan fingerprint density at radius 3 is 2.82 bits per heavy atom. The molecule has 1 fully saturated rings. The molecule has 1 aromatic rings. The number of nitrogens with zero attached hydrogens (tertiary/aromatic N) is 3. The molecule has 2 rings (SSSR count). The maximum Gasteiger partial charge on any atom is 0.241 e. The van der Waals surface area contributed by atoms with Crippen molar-refractivity contribution in [1.29, 1.82) is 0 Å². The lowest BCUT2D eigenvalue weighted by Crippen LogP contribution is -2.33. The number of halogens is 1. The number of nitrogens with one attached hydrogen (secondary N) is 1. The highest BCUT2D eigenvalue weighted by atomic mass is 35.5. The lowest BCUT2D eigenvalue weighted by Gasteiger charge is -2.15. The highest BCUT2D eigenvalue weighted by Crippen LogP contribution is 2.12. The summed E-state index contributed by atoms with van der Waals surface area (Å²) < 4.78 is 0. The van der Waals surface area contributed by atoms with E-state index in [1.165, 1.54) is 0 Å². The molecule has 1 amide bonds. The Hall–Kier alpha value is -1.36. The average molecular weight is 255 g/mol. The van der Waals surface area contributed by atoms with Crippen molar-refractivity contribution in [2.75, 3.05) is 25.0 Å². The van der Waals surface area contributed by atoms with Crippen molar-refractivity contribution in [1.82, 2.24) is 14.9 Å². The third-order valence-corrected chi connectivity index (χ3v) is 2.88. The zero-order valence-electron chi connectivity index (χ0n) is 9.74. The van der Waals surface area contributed by atoms with Crippen LogP contribution in [0.3, 0.4) is 0 Å². The van der Waals surface area contributed by atoms with Crippen molar-refractivity contribution in [2.24, 2.45) is 0 Å². The van der Waals surface area contributed by atoms with E-state index in [0.29, 0.717) is 16.8 Å². The van der Waals surface area contributed by atoms with Crippen LogP contribution in [0.2, 0.25) is 5.15 Å². The summed E-state index contributed by atoms with van der Waals surface area (Å²) in [5.41, 5.74) is 0. The first-order valence-corrected chi connectivity index (χ1v) is 6.06. The minimum atomic E-state index is 0.106. The molecule has 0 saturated carbocycles. The van der Waals surface area contributed by atoms with Crippen molar-refractivity contribution in [3.63, 3.8) is 0 Å². The normalized spacial score (nSPS) is 15.1. The van der Waals surface area contributed by atoms with E-state index in [2.05, 4.69) is 15.3 Å². The number of amides is 1. The van der Waals surface area contributed by atoms with Crippen LogP contribution in [0.4, 0.5) is 5.82 Å². The summed E-state index contributed by atoms with van der Waals surface area (Å²) in [5.74, 6) is 1.29. The Bertz CT molecular complexity index is 398. The predicted octanol–water partition coefficient (Wildman–Crippen LogP) is 1.47. The molecule has 0 unspecified atom stereocenters. The molecule has 0 bridgehead atoms. The minimum absolute atomic E-state index is 0.106. The number of carbonyl (C=O) groups excluding carboxylic acids is 1. The third kappa shape index (κ3) is 3.30. The van der Waals surface area contributed by atoms with Crippen LogP contribution in [0.15, 0.2) is 6.07 Å². The summed E-state index contributed by atoms with van der Waals surface area (Å²) in [6, 6.07) is 1.62. The zero-order chi connectivity index (χ0) is 12.3. The van der Waals surface area contributed by atoms with E-state index in [0.717, 1.165) is 25.9 Å². The van der Waals surface area contributed by atoms with Crippen molar-refractivity contribution in [2.45, 2.75) is 19.8 Å². The molecule has 0 spiro atoms. The van der Waals surface area contributed by atoms with Crippen molar-refractivity contribution in [3.8, 4) is 0 Å². The quantitative estimate of drug-likeness (QED) is 0.830. The van der Waals surface area contributed by atoms with Crippen molar-refractivity contribution in [3.05, 3.63) is 17.0 Å². The van der Waals surface area contributed by atoms with Gasteiger partial charge in [-0.05, 0) is 19.8 Å². The van der Waals surface area contributed by atoms with E-state index in [4.69, 9.17) is 11.6 Å². The van der Waals surface area contributed by atoms with Crippen LogP contribution in [0.1, 0.15) is 18.7 Å². The molecular weight excluding hydrogens is 240 g/mol. The molecule has 17 heavy (non-hydrogen) atoms. The van der Waals surface area contributed by atoms with Crippen LogP contribution in [-0.2, 0) is 4.79 Å². The van der Waals surface area contributed by atoms with Gasteiger partial charge < -0.3 is 10.2 Å². The predicted molar refractivity (Wildman–Crippen MR) is 66.1 cm³/mol. The smallest absolute Gasteiger partial charge is 0.241 e. The van der Waals surface area contributed by atoms with Crippen LogP contribution < -0.4 is 5.32 Å². The van der Waals surface area contributed by atoms with Gasteiger partial charge in [0.1, 0.15) is 16.8 Å². The van der Waals surface area contributed by atoms with E-state index in [1.807, 2.05) is 4.90 Å². The molecule has 1 aliphatic heterocycles. The minimum Gasteiger partial charge on any atom is -0.361 e. The van der Waals surface area contributed by atoms with Gasteiger partial charge in [0.2, 0.25) is 5.91 Å². The molecule has 0 aliphatic carbocycles. The number of anilines is 1. The lowest BCUT2D eigenvalue weighted by atomic mass is 10.4. The maximum absolute atomic E-state index is 11.8. The second-order valence-electron chi connectivity index (χ2n) is 4.06. The molecule has 92 valence electrons. The number of hydrogen-bond donors (Lipinski definition) is 1. The average Bonchev–Trinajstić information content (AvgIpc) is 2.78. The number of likely N-dealkylation sites (tertiary alicyclic amines) is 1. The number of aromatic nitrogens is 2. The largest absolute Gasteiger partial charge is 0.361 e. The van der Waals surface area contributed by atoms with Gasteiger partial charge in [0.15, 0.2) is 0 Å². The molecule has 6 heteroatoms. The monoisotopic (exact) mass is 254 g/mol. The Balaban J connectivity index is 1.90. The first kappa shape index (κ1) is 12.1. The maximum atomic E-state index is 11.8. The Kier molecular flexibility index (Phi) is 3.78. The third-order valence-electron chi connectivity index (χ3n) is 2.69. The standard InChI is InChI=1S/C11H15ClN4O/c1-8-14-9(12)6-10(15-8)13-7-11(17)16-4-2-3-5-16/h6H,2-5,7H2,1H3,(H,13,14,15). The molecular formula is C11H15ClN4O. The number of carbonyl (C=O) groups is 1. The van der Waals surface area contributed by atoms with Crippen LogP contribution in [-0.4, -0.2) is 40.4 Å². The van der Waals surface area contributed by atoms with Gasteiger partial charge in [-0.3, -0.25) is 4.79 Å². The van der Waals surface area contributed by atoms with Gasteiger partial charge >= 0.3 is 0 Å². The molecule has 1 aromatic heterocycles. The first-order valence-electron chi connectivity index (χ1n) is 5.68. The Labute approximate surface area is 105 Å². The molecule has 1 N–H and O–H groups in total. The van der Waals surface area contributed by atoms with Gasteiger partial charge in [-0.1, -0.05) is 11.6 Å². The topological polar surface area (TPSA) is 58.1 Å². The zero-order valence-corrected chi connectivity index (χ0v) is 10.5. The summed E-state index contributed by atoms with van der Waals surface area (Å²) in [6.45, 7) is 3.75. The SMILES string of the molecule is Cc1nc(Cl)cc(NCC(=O)N2CCCC2)n1. The van der Waals surface area contributed by atoms with Crippen LogP contribution in [0.25, 0.3) is 0 Å². The molecule has 0 aromatic carbocycles. The van der Waals surface area contributed by atoms with Gasteiger partial charge in [-0.25, -0.2) is 9.97 Å². The summed E-state index contributed by atoms with van der Waals surface area (Å²) in [4.78, 5) is 21.8. The van der Waals surface area contributed by atoms with E-state index >= 15 is 0 Å². The Morgan fingerprint density at radius 1 is 1.47 bits per heavy atom. The van der Waals surface area contributed by atoms with Crippen molar-refractivity contribution < 1.29 is 4.79 Å². The summed E-state index contributed by atoms with van der Waals surface area (Å²) in [6.07, 6.45) is 2.20. The van der Waals surface area contributed by atoms with Crippen LogP contribution in [0, 0.1) is 6.92 Å². The summed E-state index contributed by atoms with van der Waals surface area (Å²) in [7, 11) is 0. The van der Waals surface area contributed by atoms with Gasteiger partial charge in [-0.15, -0.1) is 0 Å². The fraction of sp³-hybridized carbons (Fsp3) is 0.545. The van der Waals surface area contributed by atoms with Gasteiger partial charge in [-0.2, -0.15) is 0 Å². The number of rotatable bonds is 3. The molecule has 0 atom stereocenters. The molecule has 2 heterocycles. The fourth-order valence-electron chi connectivity index (χ4n) is 1.87. The van der Waals surface area contributed by atoms with Gasteiger partial charge in [0.25, 0.3) is 0 Å².